The summed E-state index contributed by atoms with van der Waals surface area (Å²) in [5.41, 5.74) is 0. The Balaban J connectivity index is 3.17. The first-order chi connectivity index (χ1) is 11.6. The molecule has 1 aromatic carbocycles. The van der Waals surface area contributed by atoms with Gasteiger partial charge in [-0.05, 0) is 0 Å². The second-order valence-corrected chi connectivity index (χ2v) is 4.33. The molecule has 0 aliphatic heterocycles. The highest BCUT2D eigenvalue weighted by atomic mass is 35.5. The van der Waals surface area contributed by atoms with E-state index in [1.54, 1.807) is 0 Å². The van der Waals surface area contributed by atoms with Crippen LogP contribution >= 0.6 is 46.4 Å². The fraction of sp³-hybridized carbons (Fsp3) is 0.200. The summed E-state index contributed by atoms with van der Waals surface area (Å²) in [6.45, 7) is 0. The van der Waals surface area contributed by atoms with Crippen molar-refractivity contribution in [2.75, 3.05) is 14.1 Å². The molecule has 6 nitrogen and oxygen atoms in total. The lowest BCUT2D eigenvalue weighted by atomic mass is 10.3. The van der Waals surface area contributed by atoms with Gasteiger partial charge in [-0.2, -0.15) is 0 Å². The van der Waals surface area contributed by atoms with Gasteiger partial charge in [-0.1, -0.05) is 46.4 Å². The van der Waals surface area contributed by atoms with Gasteiger partial charge in [0.15, 0.2) is 11.5 Å². The van der Waals surface area contributed by atoms with Crippen molar-refractivity contribution in [1.29, 1.82) is 0 Å². The quantitative estimate of drug-likeness (QED) is 0.431. The molecular weight excluding hydrogens is 358 g/mol. The molecule has 0 heterocycles. The van der Waals surface area contributed by atoms with Crippen LogP contribution in [0, 0.1) is 0 Å². The van der Waals surface area contributed by atoms with E-state index in [1.807, 2.05) is 0 Å². The van der Waals surface area contributed by atoms with Gasteiger partial charge in [0.1, 0.15) is 20.1 Å². The van der Waals surface area contributed by atoms with E-state index in [0.29, 0.717) is 0 Å². The highest BCUT2D eigenvalue weighted by Crippen LogP contribution is 2.50. The third-order valence-electron chi connectivity index (χ3n) is 1.72. The highest BCUT2D eigenvalue weighted by molar-refractivity contribution is 6.50. The SMILES string of the molecule is [2H]C([2H])([2H])OC(=O)Oc1c(Cl)c(Cl)c(OC(=O)OC([2H])([2H])[2H])c(Cl)c1Cl. The van der Waals surface area contributed by atoms with Gasteiger partial charge in [0.25, 0.3) is 0 Å². The first-order valence-corrected chi connectivity index (χ1v) is 5.81. The average Bonchev–Trinajstić information content (AvgIpc) is 2.42. The summed E-state index contributed by atoms with van der Waals surface area (Å²) in [6, 6.07) is 0. The van der Waals surface area contributed by atoms with Crippen LogP contribution in [-0.4, -0.2) is 26.4 Å². The Morgan fingerprint density at radius 3 is 1.35 bits per heavy atom. The lowest BCUT2D eigenvalue weighted by Gasteiger charge is -2.14. The van der Waals surface area contributed by atoms with E-state index < -0.39 is 58.0 Å². The number of hydrogen-bond acceptors (Lipinski definition) is 6. The summed E-state index contributed by atoms with van der Waals surface area (Å²) in [5.74, 6) is -1.37. The minimum atomic E-state index is -3.11. The lowest BCUT2D eigenvalue weighted by molar-refractivity contribution is 0.119. The molecule has 0 saturated heterocycles. The van der Waals surface area contributed by atoms with Gasteiger partial charge < -0.3 is 18.9 Å². The molecule has 1 rings (SSSR count). The van der Waals surface area contributed by atoms with Crippen LogP contribution in [0.2, 0.25) is 20.1 Å². The molecule has 0 unspecified atom stereocenters. The van der Waals surface area contributed by atoms with Crippen LogP contribution in [0.15, 0.2) is 0 Å². The maximum Gasteiger partial charge on any atom is 0.513 e. The maximum absolute atomic E-state index is 11.4. The summed E-state index contributed by atoms with van der Waals surface area (Å²) >= 11 is 23.3. The Labute approximate surface area is 141 Å². The molecule has 110 valence electrons. The van der Waals surface area contributed by atoms with Crippen LogP contribution in [0.25, 0.3) is 0 Å². The molecule has 20 heavy (non-hydrogen) atoms. The van der Waals surface area contributed by atoms with Gasteiger partial charge in [0.2, 0.25) is 0 Å². The first-order valence-electron chi connectivity index (χ1n) is 7.30. The summed E-state index contributed by atoms with van der Waals surface area (Å²) in [4.78, 5) is 22.8. The van der Waals surface area contributed by atoms with Crippen molar-refractivity contribution in [3.63, 3.8) is 0 Å². The minimum Gasteiger partial charge on any atom is -0.437 e. The van der Waals surface area contributed by atoms with E-state index in [-0.39, 0.29) is 0 Å². The highest BCUT2D eigenvalue weighted by Gasteiger charge is 2.26. The van der Waals surface area contributed by atoms with Crippen LogP contribution in [0.4, 0.5) is 9.59 Å². The lowest BCUT2D eigenvalue weighted by Crippen LogP contribution is -2.10. The Kier molecular flexibility index (Phi) is 3.46. The van der Waals surface area contributed by atoms with Gasteiger partial charge >= 0.3 is 12.3 Å². The monoisotopic (exact) mass is 368 g/mol. The van der Waals surface area contributed by atoms with Crippen molar-refractivity contribution < 1.29 is 36.8 Å². The molecule has 0 aromatic heterocycles. The predicted molar refractivity (Wildman–Crippen MR) is 72.5 cm³/mol. The van der Waals surface area contributed by atoms with Gasteiger partial charge in [0, 0.05) is 0 Å². The summed E-state index contributed by atoms with van der Waals surface area (Å²) in [7, 11) is -6.21. The number of methoxy groups -OCH3 is 2. The fourth-order valence-corrected chi connectivity index (χ4v) is 1.95. The third-order valence-corrected chi connectivity index (χ3v) is 3.36. The molecule has 1 aromatic rings. The summed E-state index contributed by atoms with van der Waals surface area (Å²) in [6.07, 6.45) is -3.40. The molecular formula is C10H6Cl4O6. The van der Waals surface area contributed by atoms with E-state index in [9.17, 15) is 9.59 Å². The molecule has 0 aliphatic rings. The van der Waals surface area contributed by atoms with Crippen LogP contribution in [0.3, 0.4) is 0 Å². The molecule has 0 atom stereocenters. The van der Waals surface area contributed by atoms with Gasteiger partial charge in [-0.3, -0.25) is 0 Å². The van der Waals surface area contributed by atoms with Crippen molar-refractivity contribution in [1.82, 2.24) is 0 Å². The number of ether oxygens (including phenoxy) is 4. The van der Waals surface area contributed by atoms with Crippen LogP contribution in [-0.2, 0) is 9.47 Å². The van der Waals surface area contributed by atoms with Crippen molar-refractivity contribution >= 4 is 58.7 Å². The number of rotatable bonds is 2. The van der Waals surface area contributed by atoms with Crippen LogP contribution < -0.4 is 9.47 Å². The van der Waals surface area contributed by atoms with Crippen molar-refractivity contribution in [2.24, 2.45) is 0 Å². The predicted octanol–water partition coefficient (Wildman–Crippen LogP) is 4.59. The van der Waals surface area contributed by atoms with E-state index in [0.717, 1.165) is 0 Å². The molecule has 10 heteroatoms. The number of carbonyl (C=O) groups excluding carboxylic acids is 2. The average molecular weight is 370 g/mol. The Hall–Kier alpha value is -1.08. The Morgan fingerprint density at radius 2 is 1.10 bits per heavy atom. The molecule has 0 spiro atoms. The molecule has 0 bridgehead atoms. The summed E-state index contributed by atoms with van der Waals surface area (Å²) < 4.78 is 57.6. The van der Waals surface area contributed by atoms with E-state index in [2.05, 4.69) is 18.9 Å². The smallest absolute Gasteiger partial charge is 0.437 e. The minimum absolute atomic E-state index is 0.611. The Bertz CT molecular complexity index is 644. The zero-order valence-electron chi connectivity index (χ0n) is 15.0. The summed E-state index contributed by atoms with van der Waals surface area (Å²) in [5, 5.41) is -2.44. The topological polar surface area (TPSA) is 71.1 Å². The standard InChI is InChI=1S/C10H6Cl4O6/c1-17-9(15)19-7-3(11)5(13)8(6(14)4(7)12)20-10(16)18-2/h1-2H3/i1D3,2D3. The number of halogens is 4. The van der Waals surface area contributed by atoms with Crippen molar-refractivity contribution in [3.8, 4) is 11.5 Å². The molecule has 0 N–H and O–H groups in total. The molecule has 0 amide bonds. The zero-order valence-corrected chi connectivity index (χ0v) is 12.0. The molecule has 0 aliphatic carbocycles. The van der Waals surface area contributed by atoms with Crippen molar-refractivity contribution in [2.45, 2.75) is 0 Å². The van der Waals surface area contributed by atoms with Gasteiger partial charge in [-0.15, -0.1) is 0 Å². The number of carbonyl (C=O) groups is 2. The fourth-order valence-electron chi connectivity index (χ4n) is 0.979. The van der Waals surface area contributed by atoms with Crippen LogP contribution in [0.5, 0.6) is 11.5 Å². The first kappa shape index (κ1) is 9.78. The maximum atomic E-state index is 11.4. The van der Waals surface area contributed by atoms with Gasteiger partial charge in [0.05, 0.1) is 22.3 Å². The normalized spacial score (nSPS) is 15.6. The van der Waals surface area contributed by atoms with Crippen LogP contribution in [0.1, 0.15) is 8.22 Å². The molecule has 0 fully saturated rings. The molecule has 0 radical (unpaired) electrons. The van der Waals surface area contributed by atoms with E-state index in [1.165, 1.54) is 0 Å². The van der Waals surface area contributed by atoms with E-state index >= 15 is 0 Å². The second kappa shape index (κ2) is 7.08. The van der Waals surface area contributed by atoms with Crippen molar-refractivity contribution in [3.05, 3.63) is 20.1 Å². The zero-order chi connectivity index (χ0) is 20.4. The molecule has 0 saturated carbocycles. The second-order valence-electron chi connectivity index (χ2n) is 2.82. The number of benzene rings is 1. The Morgan fingerprint density at radius 1 is 0.800 bits per heavy atom. The van der Waals surface area contributed by atoms with E-state index in [4.69, 9.17) is 54.6 Å². The largest absolute Gasteiger partial charge is 0.513 e. The number of hydrogen-bond donors (Lipinski definition) is 0. The van der Waals surface area contributed by atoms with Gasteiger partial charge in [-0.25, -0.2) is 9.59 Å². The third kappa shape index (κ3) is 3.52.